The Morgan fingerprint density at radius 1 is 1.00 bits per heavy atom. The zero-order valence-corrected chi connectivity index (χ0v) is 17.7. The molecule has 7 heteroatoms. The van der Waals surface area contributed by atoms with Crippen LogP contribution in [0.5, 0.6) is 0 Å². The average molecular weight is 427 g/mol. The summed E-state index contributed by atoms with van der Waals surface area (Å²) >= 11 is 7.61. The molecule has 1 saturated heterocycles. The highest BCUT2D eigenvalue weighted by Gasteiger charge is 2.19. The Morgan fingerprint density at radius 3 is 2.45 bits per heavy atom. The predicted octanol–water partition coefficient (Wildman–Crippen LogP) is 4.68. The van der Waals surface area contributed by atoms with Gasteiger partial charge in [0, 0.05) is 24.7 Å². The summed E-state index contributed by atoms with van der Waals surface area (Å²) in [5.41, 5.74) is 2.65. The highest BCUT2D eigenvalue weighted by molar-refractivity contribution is 8.00. The van der Waals surface area contributed by atoms with Crippen LogP contribution in [0.4, 0.5) is 5.82 Å². The normalized spacial score (nSPS) is 14.2. The van der Waals surface area contributed by atoms with Crippen molar-refractivity contribution < 1.29 is 4.79 Å². The molecule has 0 spiro atoms. The number of aromatic nitrogens is 2. The number of benzene rings is 2. The zero-order chi connectivity index (χ0) is 20.1. The van der Waals surface area contributed by atoms with Crippen molar-refractivity contribution in [1.82, 2.24) is 15.3 Å². The first-order valence-electron chi connectivity index (χ1n) is 9.85. The molecule has 1 aromatic heterocycles. The Bertz CT molecular complexity index is 1010. The van der Waals surface area contributed by atoms with Gasteiger partial charge in [-0.1, -0.05) is 53.7 Å². The SMILES string of the molecule is O=C(CSc1nc2ccccc2nc1N1CCCCC1)NCc1ccccc1Cl. The molecule has 1 aliphatic heterocycles. The van der Waals surface area contributed by atoms with Crippen LogP contribution in [-0.4, -0.2) is 34.7 Å². The Kier molecular flexibility index (Phi) is 6.52. The average Bonchev–Trinajstić information content (AvgIpc) is 2.77. The van der Waals surface area contributed by atoms with E-state index in [1.807, 2.05) is 48.5 Å². The number of amides is 1. The Balaban J connectivity index is 1.47. The Hall–Kier alpha value is -2.31. The number of anilines is 1. The van der Waals surface area contributed by atoms with Crippen LogP contribution < -0.4 is 10.2 Å². The van der Waals surface area contributed by atoms with Gasteiger partial charge in [0.1, 0.15) is 5.03 Å². The molecule has 0 radical (unpaired) electrons. The van der Waals surface area contributed by atoms with Gasteiger partial charge in [-0.25, -0.2) is 9.97 Å². The van der Waals surface area contributed by atoms with E-state index >= 15 is 0 Å². The number of para-hydroxylation sites is 2. The van der Waals surface area contributed by atoms with E-state index in [1.54, 1.807) is 0 Å². The van der Waals surface area contributed by atoms with Crippen LogP contribution in [0.1, 0.15) is 24.8 Å². The van der Waals surface area contributed by atoms with E-state index in [1.165, 1.54) is 18.2 Å². The van der Waals surface area contributed by atoms with Gasteiger partial charge in [-0.3, -0.25) is 4.79 Å². The van der Waals surface area contributed by atoms with E-state index < -0.39 is 0 Å². The molecule has 0 aliphatic carbocycles. The number of carbonyl (C=O) groups excluding carboxylic acids is 1. The minimum absolute atomic E-state index is 0.0468. The highest BCUT2D eigenvalue weighted by Crippen LogP contribution is 2.30. The lowest BCUT2D eigenvalue weighted by Gasteiger charge is -2.29. The van der Waals surface area contributed by atoms with Crippen LogP contribution in [0.25, 0.3) is 11.0 Å². The van der Waals surface area contributed by atoms with Gasteiger partial charge in [-0.15, -0.1) is 0 Å². The summed E-state index contributed by atoms with van der Waals surface area (Å²) in [6.45, 7) is 2.39. The smallest absolute Gasteiger partial charge is 0.230 e. The van der Waals surface area contributed by atoms with Crippen LogP contribution in [-0.2, 0) is 11.3 Å². The molecule has 0 saturated carbocycles. The highest BCUT2D eigenvalue weighted by atomic mass is 35.5. The number of rotatable bonds is 6. The second-order valence-corrected chi connectivity index (χ2v) is 8.42. The van der Waals surface area contributed by atoms with E-state index in [2.05, 4.69) is 10.2 Å². The molecule has 5 nitrogen and oxygen atoms in total. The van der Waals surface area contributed by atoms with Gasteiger partial charge in [0.15, 0.2) is 5.82 Å². The number of hydrogen-bond donors (Lipinski definition) is 1. The zero-order valence-electron chi connectivity index (χ0n) is 16.1. The quantitative estimate of drug-likeness (QED) is 0.580. The Morgan fingerprint density at radius 2 is 1.69 bits per heavy atom. The van der Waals surface area contributed by atoms with Crippen LogP contribution >= 0.6 is 23.4 Å². The summed E-state index contributed by atoms with van der Waals surface area (Å²) < 4.78 is 0. The van der Waals surface area contributed by atoms with Gasteiger partial charge in [0.25, 0.3) is 0 Å². The minimum atomic E-state index is -0.0468. The topological polar surface area (TPSA) is 58.1 Å². The summed E-state index contributed by atoms with van der Waals surface area (Å²) in [7, 11) is 0. The lowest BCUT2D eigenvalue weighted by Crippen LogP contribution is -2.31. The van der Waals surface area contributed by atoms with Gasteiger partial charge in [-0.2, -0.15) is 0 Å². The van der Waals surface area contributed by atoms with Crippen LogP contribution in [0.2, 0.25) is 5.02 Å². The first-order chi connectivity index (χ1) is 14.2. The maximum absolute atomic E-state index is 12.4. The summed E-state index contributed by atoms with van der Waals surface area (Å²) in [6, 6.07) is 15.4. The van der Waals surface area contributed by atoms with Gasteiger partial charge < -0.3 is 10.2 Å². The van der Waals surface area contributed by atoms with Crippen molar-refractivity contribution >= 4 is 46.1 Å². The maximum atomic E-state index is 12.4. The molecular formula is C22H23ClN4OS. The number of nitrogens with one attached hydrogen (secondary N) is 1. The van der Waals surface area contributed by atoms with Crippen molar-refractivity contribution in [3.8, 4) is 0 Å². The number of hydrogen-bond acceptors (Lipinski definition) is 5. The molecule has 0 bridgehead atoms. The van der Waals surface area contributed by atoms with Crippen LogP contribution in [0, 0.1) is 0 Å². The fourth-order valence-electron chi connectivity index (χ4n) is 3.40. The predicted molar refractivity (Wildman–Crippen MR) is 120 cm³/mol. The number of halogens is 1. The molecule has 1 fully saturated rings. The second-order valence-electron chi connectivity index (χ2n) is 7.05. The first-order valence-corrected chi connectivity index (χ1v) is 11.2. The van der Waals surface area contributed by atoms with Crippen LogP contribution in [0.15, 0.2) is 53.6 Å². The summed E-state index contributed by atoms with van der Waals surface area (Å²) in [5.74, 6) is 1.14. The fraction of sp³-hybridized carbons (Fsp3) is 0.318. The molecular weight excluding hydrogens is 404 g/mol. The van der Waals surface area contributed by atoms with Crippen molar-refractivity contribution in [2.75, 3.05) is 23.7 Å². The molecule has 4 rings (SSSR count). The third-order valence-corrected chi connectivity index (χ3v) is 6.27. The Labute approximate surface area is 179 Å². The lowest BCUT2D eigenvalue weighted by atomic mass is 10.1. The van der Waals surface area contributed by atoms with Gasteiger partial charge in [-0.05, 0) is 43.0 Å². The van der Waals surface area contributed by atoms with Gasteiger partial charge >= 0.3 is 0 Å². The van der Waals surface area contributed by atoms with Crippen molar-refractivity contribution in [1.29, 1.82) is 0 Å². The molecule has 150 valence electrons. The number of thioether (sulfide) groups is 1. The molecule has 1 amide bonds. The summed E-state index contributed by atoms with van der Waals surface area (Å²) in [4.78, 5) is 24.4. The van der Waals surface area contributed by atoms with Crippen molar-refractivity contribution in [3.05, 3.63) is 59.1 Å². The number of piperidine rings is 1. The molecule has 2 aromatic carbocycles. The van der Waals surface area contributed by atoms with Crippen LogP contribution in [0.3, 0.4) is 0 Å². The molecule has 1 N–H and O–H groups in total. The third kappa shape index (κ3) is 5.00. The number of fused-ring (bicyclic) bond motifs is 1. The van der Waals surface area contributed by atoms with Gasteiger partial charge in [0.2, 0.25) is 5.91 Å². The fourth-order valence-corrected chi connectivity index (χ4v) is 4.44. The molecule has 2 heterocycles. The van der Waals surface area contributed by atoms with E-state index in [0.717, 1.165) is 53.4 Å². The standard InChI is InChI=1S/C22H23ClN4OS/c23-17-9-3-2-8-16(17)14-24-20(28)15-29-22-21(27-12-6-1-7-13-27)25-18-10-4-5-11-19(18)26-22/h2-5,8-11H,1,6-7,12-15H2,(H,24,28). The monoisotopic (exact) mass is 426 g/mol. The number of carbonyl (C=O) groups is 1. The third-order valence-electron chi connectivity index (χ3n) is 4.95. The summed E-state index contributed by atoms with van der Waals surface area (Å²) in [6.07, 6.45) is 3.58. The van der Waals surface area contributed by atoms with Crippen molar-refractivity contribution in [2.45, 2.75) is 30.8 Å². The van der Waals surface area contributed by atoms with E-state index in [0.29, 0.717) is 11.6 Å². The van der Waals surface area contributed by atoms with E-state index in [4.69, 9.17) is 21.6 Å². The van der Waals surface area contributed by atoms with E-state index in [-0.39, 0.29) is 11.7 Å². The molecule has 1 aliphatic rings. The van der Waals surface area contributed by atoms with E-state index in [9.17, 15) is 4.79 Å². The minimum Gasteiger partial charge on any atom is -0.354 e. The van der Waals surface area contributed by atoms with Crippen molar-refractivity contribution in [3.63, 3.8) is 0 Å². The summed E-state index contributed by atoms with van der Waals surface area (Å²) in [5, 5.41) is 4.42. The molecule has 29 heavy (non-hydrogen) atoms. The van der Waals surface area contributed by atoms with Crippen molar-refractivity contribution in [2.24, 2.45) is 0 Å². The molecule has 0 atom stereocenters. The number of nitrogens with zero attached hydrogens (tertiary/aromatic N) is 3. The lowest BCUT2D eigenvalue weighted by molar-refractivity contribution is -0.118. The molecule has 3 aromatic rings. The maximum Gasteiger partial charge on any atom is 0.230 e. The second kappa shape index (κ2) is 9.46. The molecule has 0 unspecified atom stereocenters. The van der Waals surface area contributed by atoms with Gasteiger partial charge in [0.05, 0.1) is 16.8 Å². The first kappa shape index (κ1) is 20.0. The largest absolute Gasteiger partial charge is 0.354 e.